The number of methoxy groups -OCH3 is 1. The standard InChI is InChI=1S/C13H15F3N2O3/c1-20-12(19)7-9-8-18(5-6-21-9)11-4-2-3-10(17-11)13(14,15)16/h2-4,9H,5-8H2,1H3/t9-/m1/s1. The molecule has 0 saturated carbocycles. The Labute approximate surface area is 119 Å². The van der Waals surface area contributed by atoms with Gasteiger partial charge >= 0.3 is 12.1 Å². The van der Waals surface area contributed by atoms with Gasteiger partial charge in [-0.05, 0) is 12.1 Å². The van der Waals surface area contributed by atoms with Gasteiger partial charge < -0.3 is 14.4 Å². The molecule has 0 unspecified atom stereocenters. The SMILES string of the molecule is COC(=O)C[C@@H]1CN(c2cccc(C(F)(F)F)n2)CCO1. The maximum Gasteiger partial charge on any atom is 0.433 e. The van der Waals surface area contributed by atoms with Crippen molar-refractivity contribution >= 4 is 11.8 Å². The summed E-state index contributed by atoms with van der Waals surface area (Å²) in [6.07, 6.45) is -4.83. The van der Waals surface area contributed by atoms with E-state index in [2.05, 4.69) is 9.72 Å². The van der Waals surface area contributed by atoms with Crippen molar-refractivity contribution in [2.24, 2.45) is 0 Å². The molecule has 1 fully saturated rings. The third-order valence-electron chi connectivity index (χ3n) is 3.11. The van der Waals surface area contributed by atoms with Crippen LogP contribution in [0, 0.1) is 0 Å². The monoisotopic (exact) mass is 304 g/mol. The van der Waals surface area contributed by atoms with E-state index in [1.54, 1.807) is 4.90 Å². The van der Waals surface area contributed by atoms with Gasteiger partial charge in [0, 0.05) is 13.1 Å². The minimum absolute atomic E-state index is 0.0615. The van der Waals surface area contributed by atoms with Crippen LogP contribution >= 0.6 is 0 Å². The average molecular weight is 304 g/mol. The highest BCUT2D eigenvalue weighted by atomic mass is 19.4. The Morgan fingerprint density at radius 2 is 2.29 bits per heavy atom. The number of nitrogens with zero attached hydrogens (tertiary/aromatic N) is 2. The van der Waals surface area contributed by atoms with Crippen LogP contribution in [0.2, 0.25) is 0 Å². The van der Waals surface area contributed by atoms with E-state index in [0.29, 0.717) is 19.7 Å². The number of hydrogen-bond donors (Lipinski definition) is 0. The minimum Gasteiger partial charge on any atom is -0.469 e. The van der Waals surface area contributed by atoms with Crippen molar-refractivity contribution in [3.63, 3.8) is 0 Å². The molecule has 0 aliphatic carbocycles. The van der Waals surface area contributed by atoms with Crippen molar-refractivity contribution in [1.82, 2.24) is 4.98 Å². The molecule has 21 heavy (non-hydrogen) atoms. The summed E-state index contributed by atoms with van der Waals surface area (Å²) in [5.74, 6) is -0.193. The van der Waals surface area contributed by atoms with Crippen molar-refractivity contribution in [3.8, 4) is 0 Å². The molecule has 0 amide bonds. The van der Waals surface area contributed by atoms with Crippen molar-refractivity contribution in [3.05, 3.63) is 23.9 Å². The van der Waals surface area contributed by atoms with E-state index in [1.807, 2.05) is 0 Å². The molecule has 2 heterocycles. The third-order valence-corrected chi connectivity index (χ3v) is 3.11. The largest absolute Gasteiger partial charge is 0.469 e. The smallest absolute Gasteiger partial charge is 0.433 e. The first kappa shape index (κ1) is 15.6. The Kier molecular flexibility index (Phi) is 4.66. The predicted octanol–water partition coefficient (Wildman–Crippen LogP) is 1.87. The molecule has 1 saturated heterocycles. The minimum atomic E-state index is -4.48. The number of esters is 1. The Morgan fingerprint density at radius 3 is 2.95 bits per heavy atom. The quantitative estimate of drug-likeness (QED) is 0.798. The van der Waals surface area contributed by atoms with E-state index in [1.165, 1.54) is 19.2 Å². The van der Waals surface area contributed by atoms with E-state index < -0.39 is 23.9 Å². The van der Waals surface area contributed by atoms with Crippen LogP contribution in [0.4, 0.5) is 19.0 Å². The summed E-state index contributed by atoms with van der Waals surface area (Å²) >= 11 is 0. The summed E-state index contributed by atoms with van der Waals surface area (Å²) in [6.45, 7) is 1.04. The number of ether oxygens (including phenoxy) is 2. The Hall–Kier alpha value is -1.83. The summed E-state index contributed by atoms with van der Waals surface area (Å²) in [7, 11) is 1.28. The number of carbonyl (C=O) groups excluding carboxylic acids is 1. The van der Waals surface area contributed by atoms with E-state index in [0.717, 1.165) is 6.07 Å². The number of aromatic nitrogens is 1. The second-order valence-electron chi connectivity index (χ2n) is 4.60. The molecule has 1 aromatic rings. The fraction of sp³-hybridized carbons (Fsp3) is 0.538. The van der Waals surface area contributed by atoms with Gasteiger partial charge in [0.15, 0.2) is 0 Å². The van der Waals surface area contributed by atoms with Crippen LogP contribution in [0.25, 0.3) is 0 Å². The zero-order chi connectivity index (χ0) is 15.5. The van der Waals surface area contributed by atoms with Crippen molar-refractivity contribution in [1.29, 1.82) is 0 Å². The van der Waals surface area contributed by atoms with E-state index in [-0.39, 0.29) is 12.2 Å². The molecule has 1 aliphatic heterocycles. The summed E-state index contributed by atoms with van der Waals surface area (Å²) in [5, 5.41) is 0. The molecule has 1 atom stereocenters. The molecule has 1 aromatic heterocycles. The van der Waals surface area contributed by atoms with Crippen LogP contribution in [0.15, 0.2) is 18.2 Å². The fourth-order valence-electron chi connectivity index (χ4n) is 2.08. The van der Waals surface area contributed by atoms with Gasteiger partial charge in [-0.3, -0.25) is 4.79 Å². The lowest BCUT2D eigenvalue weighted by Gasteiger charge is -2.33. The maximum absolute atomic E-state index is 12.7. The van der Waals surface area contributed by atoms with E-state index >= 15 is 0 Å². The Morgan fingerprint density at radius 1 is 1.52 bits per heavy atom. The maximum atomic E-state index is 12.7. The average Bonchev–Trinajstić information content (AvgIpc) is 2.46. The highest BCUT2D eigenvalue weighted by Crippen LogP contribution is 2.29. The Bertz CT molecular complexity index is 508. The van der Waals surface area contributed by atoms with Gasteiger partial charge in [-0.1, -0.05) is 6.07 Å². The first-order valence-electron chi connectivity index (χ1n) is 6.38. The highest BCUT2D eigenvalue weighted by molar-refractivity contribution is 5.69. The molecule has 1 aliphatic rings. The lowest BCUT2D eigenvalue weighted by molar-refractivity contribution is -0.144. The van der Waals surface area contributed by atoms with Crippen molar-refractivity contribution in [2.45, 2.75) is 18.7 Å². The Balaban J connectivity index is 2.09. The van der Waals surface area contributed by atoms with Gasteiger partial charge in [0.2, 0.25) is 0 Å². The molecular weight excluding hydrogens is 289 g/mol. The van der Waals surface area contributed by atoms with E-state index in [4.69, 9.17) is 4.74 Å². The van der Waals surface area contributed by atoms with Crippen LogP contribution in [0.5, 0.6) is 0 Å². The van der Waals surface area contributed by atoms with Gasteiger partial charge in [-0.25, -0.2) is 4.98 Å². The molecule has 5 nitrogen and oxygen atoms in total. The van der Waals surface area contributed by atoms with Crippen molar-refractivity contribution < 1.29 is 27.4 Å². The molecule has 2 rings (SSSR count). The zero-order valence-corrected chi connectivity index (χ0v) is 11.4. The normalized spacial score (nSPS) is 19.4. The molecule has 0 radical (unpaired) electrons. The number of pyridine rings is 1. The molecular formula is C13H15F3N2O3. The number of morpholine rings is 1. The molecule has 116 valence electrons. The molecule has 8 heteroatoms. The number of halogens is 3. The zero-order valence-electron chi connectivity index (χ0n) is 11.4. The first-order valence-corrected chi connectivity index (χ1v) is 6.38. The first-order chi connectivity index (χ1) is 9.90. The van der Waals surface area contributed by atoms with Gasteiger partial charge in [0.05, 0.1) is 26.2 Å². The lowest BCUT2D eigenvalue weighted by Crippen LogP contribution is -2.44. The summed E-state index contributed by atoms with van der Waals surface area (Å²) in [4.78, 5) is 16.5. The number of carbonyl (C=O) groups is 1. The van der Waals surface area contributed by atoms with Gasteiger partial charge in [-0.15, -0.1) is 0 Å². The molecule has 0 aromatic carbocycles. The third kappa shape index (κ3) is 4.07. The van der Waals surface area contributed by atoms with Crippen molar-refractivity contribution in [2.75, 3.05) is 31.7 Å². The number of alkyl halides is 3. The number of hydrogen-bond acceptors (Lipinski definition) is 5. The van der Waals surface area contributed by atoms with Gasteiger partial charge in [0.25, 0.3) is 0 Å². The number of rotatable bonds is 3. The predicted molar refractivity (Wildman–Crippen MR) is 67.8 cm³/mol. The lowest BCUT2D eigenvalue weighted by atomic mass is 10.2. The second-order valence-corrected chi connectivity index (χ2v) is 4.60. The van der Waals surface area contributed by atoms with E-state index in [9.17, 15) is 18.0 Å². The molecule has 0 spiro atoms. The summed E-state index contributed by atoms with van der Waals surface area (Å²) in [6, 6.07) is 3.75. The summed E-state index contributed by atoms with van der Waals surface area (Å²) in [5.41, 5.74) is -0.934. The van der Waals surface area contributed by atoms with Crippen LogP contribution in [-0.4, -0.2) is 43.9 Å². The fourth-order valence-corrected chi connectivity index (χ4v) is 2.08. The highest BCUT2D eigenvalue weighted by Gasteiger charge is 2.33. The molecule has 0 N–H and O–H groups in total. The van der Waals surface area contributed by atoms with Gasteiger partial charge in [-0.2, -0.15) is 13.2 Å². The topological polar surface area (TPSA) is 51.7 Å². The molecule has 0 bridgehead atoms. The van der Waals surface area contributed by atoms with Crippen LogP contribution < -0.4 is 4.90 Å². The van der Waals surface area contributed by atoms with Gasteiger partial charge in [0.1, 0.15) is 11.5 Å². The summed E-state index contributed by atoms with van der Waals surface area (Å²) < 4.78 is 48.0. The van der Waals surface area contributed by atoms with Crippen LogP contribution in [0.3, 0.4) is 0 Å². The second kappa shape index (κ2) is 6.30. The van der Waals surface area contributed by atoms with Crippen LogP contribution in [0.1, 0.15) is 12.1 Å². The van der Waals surface area contributed by atoms with Crippen LogP contribution in [-0.2, 0) is 20.4 Å². The number of anilines is 1.